The van der Waals surface area contributed by atoms with Crippen LogP contribution in [0.15, 0.2) is 97.1 Å². The van der Waals surface area contributed by atoms with E-state index in [2.05, 4.69) is 10.3 Å². The van der Waals surface area contributed by atoms with Crippen molar-refractivity contribution in [3.05, 3.63) is 136 Å². The van der Waals surface area contributed by atoms with Gasteiger partial charge < -0.3 is 10.3 Å². The molecular formula is C34H27ClN4O3. The number of nitrogens with zero attached hydrogens (tertiary/aromatic N) is 2. The van der Waals surface area contributed by atoms with Crippen LogP contribution in [0.25, 0.3) is 10.9 Å². The number of carbonyl (C=O) groups is 3. The number of H-pyrrole nitrogens is 1. The number of aromatic nitrogens is 1. The summed E-state index contributed by atoms with van der Waals surface area (Å²) < 4.78 is 0. The molecule has 2 aliphatic heterocycles. The van der Waals surface area contributed by atoms with Gasteiger partial charge in [0, 0.05) is 34.6 Å². The number of hydrogen-bond donors (Lipinski definition) is 2. The van der Waals surface area contributed by atoms with Gasteiger partial charge in [-0.25, -0.2) is 9.69 Å². The highest BCUT2D eigenvalue weighted by molar-refractivity contribution is 6.30. The van der Waals surface area contributed by atoms with Gasteiger partial charge in [-0.1, -0.05) is 83.9 Å². The molecular weight excluding hydrogens is 548 g/mol. The van der Waals surface area contributed by atoms with Crippen molar-refractivity contribution in [2.75, 3.05) is 4.90 Å². The number of carbonyl (C=O) groups excluding carboxylic acids is 3. The molecule has 7 nitrogen and oxygen atoms in total. The average Bonchev–Trinajstić information content (AvgIpc) is 3.49. The third-order valence-corrected chi connectivity index (χ3v) is 8.41. The van der Waals surface area contributed by atoms with Crippen molar-refractivity contribution in [1.82, 2.24) is 15.2 Å². The summed E-state index contributed by atoms with van der Waals surface area (Å²) in [5, 5.41) is 4.50. The first-order chi connectivity index (χ1) is 20.4. The third-order valence-electron chi connectivity index (χ3n) is 8.18. The van der Waals surface area contributed by atoms with Gasteiger partial charge in [0.2, 0.25) is 0 Å². The molecule has 4 amide bonds. The quantitative estimate of drug-likeness (QED) is 0.234. The molecule has 2 atom stereocenters. The summed E-state index contributed by atoms with van der Waals surface area (Å²) in [5.74, 6) is -0.721. The number of aryl methyl sites for hydroxylation is 1. The minimum Gasteiger partial charge on any atom is -0.356 e. The average molecular weight is 575 g/mol. The molecule has 2 N–H and O–H groups in total. The molecule has 1 saturated heterocycles. The number of anilines is 1. The predicted octanol–water partition coefficient (Wildman–Crippen LogP) is 6.54. The Hall–Kier alpha value is -4.88. The van der Waals surface area contributed by atoms with Gasteiger partial charge in [0.25, 0.3) is 11.8 Å². The zero-order valence-corrected chi connectivity index (χ0v) is 23.6. The molecule has 42 heavy (non-hydrogen) atoms. The zero-order valence-electron chi connectivity index (χ0n) is 22.8. The monoisotopic (exact) mass is 574 g/mol. The number of rotatable bonds is 5. The van der Waals surface area contributed by atoms with Gasteiger partial charge in [0.05, 0.1) is 11.3 Å². The Morgan fingerprint density at radius 1 is 0.952 bits per heavy atom. The second-order valence-corrected chi connectivity index (χ2v) is 11.2. The molecule has 1 aromatic heterocycles. The smallest absolute Gasteiger partial charge is 0.332 e. The number of imide groups is 1. The number of halogens is 1. The fourth-order valence-corrected chi connectivity index (χ4v) is 6.36. The Morgan fingerprint density at radius 2 is 1.71 bits per heavy atom. The number of urea groups is 1. The lowest BCUT2D eigenvalue weighted by molar-refractivity contribution is -0.120. The van der Waals surface area contributed by atoms with E-state index in [1.807, 2.05) is 73.7 Å². The number of amides is 4. The number of para-hydroxylation sites is 2. The van der Waals surface area contributed by atoms with E-state index in [-0.39, 0.29) is 23.1 Å². The van der Waals surface area contributed by atoms with Crippen molar-refractivity contribution >= 4 is 46.0 Å². The van der Waals surface area contributed by atoms with E-state index in [9.17, 15) is 14.4 Å². The van der Waals surface area contributed by atoms with Crippen molar-refractivity contribution in [2.24, 2.45) is 0 Å². The molecule has 0 aliphatic carbocycles. The Kier molecular flexibility index (Phi) is 6.32. The van der Waals surface area contributed by atoms with Crippen LogP contribution in [0.5, 0.6) is 0 Å². The molecule has 0 bridgehead atoms. The lowest BCUT2D eigenvalue weighted by Gasteiger charge is -2.36. The topological polar surface area (TPSA) is 85.5 Å². The second-order valence-electron chi connectivity index (χ2n) is 10.8. The van der Waals surface area contributed by atoms with Crippen molar-refractivity contribution < 1.29 is 14.4 Å². The molecule has 5 aromatic rings. The van der Waals surface area contributed by atoms with Crippen LogP contribution in [0.2, 0.25) is 5.02 Å². The molecule has 0 saturated carbocycles. The van der Waals surface area contributed by atoms with Crippen LogP contribution >= 0.6 is 11.6 Å². The maximum absolute atomic E-state index is 14.3. The Morgan fingerprint density at radius 3 is 2.52 bits per heavy atom. The van der Waals surface area contributed by atoms with Crippen LogP contribution in [0.3, 0.4) is 0 Å². The second kappa shape index (κ2) is 10.2. The van der Waals surface area contributed by atoms with Crippen LogP contribution < -0.4 is 10.2 Å². The minimum atomic E-state index is -0.739. The maximum atomic E-state index is 14.3. The lowest BCUT2D eigenvalue weighted by Crippen LogP contribution is -2.44. The summed E-state index contributed by atoms with van der Waals surface area (Å²) in [5.41, 5.74) is 6.22. The molecule has 3 heterocycles. The number of benzene rings is 4. The fraction of sp³-hybridized carbons (Fsp3) is 0.147. The largest absolute Gasteiger partial charge is 0.356 e. The summed E-state index contributed by atoms with van der Waals surface area (Å²) in [6.45, 7) is 2.33. The highest BCUT2D eigenvalue weighted by Crippen LogP contribution is 2.45. The van der Waals surface area contributed by atoms with Gasteiger partial charge in [0.15, 0.2) is 0 Å². The molecule has 7 rings (SSSR count). The highest BCUT2D eigenvalue weighted by Gasteiger charge is 2.53. The van der Waals surface area contributed by atoms with Gasteiger partial charge in [0.1, 0.15) is 12.1 Å². The summed E-state index contributed by atoms with van der Waals surface area (Å²) >= 11 is 6.40. The number of nitrogens with one attached hydrogen (secondary N) is 2. The zero-order chi connectivity index (χ0) is 29.0. The van der Waals surface area contributed by atoms with Gasteiger partial charge >= 0.3 is 6.03 Å². The van der Waals surface area contributed by atoms with Crippen LogP contribution in [-0.4, -0.2) is 33.8 Å². The number of hydrogen-bond acceptors (Lipinski definition) is 3. The SMILES string of the molecule is Cc1ccc(CNC(=O)c2ccccc2N2C(=O)[C@@H]3Cc4c([nH]c5ccccc45)C(c4cccc(Cl)c4)N3C2=O)cc1. The van der Waals surface area contributed by atoms with Crippen LogP contribution in [-0.2, 0) is 17.8 Å². The lowest BCUT2D eigenvalue weighted by atomic mass is 9.89. The fourth-order valence-electron chi connectivity index (χ4n) is 6.16. The van der Waals surface area contributed by atoms with Crippen molar-refractivity contribution in [2.45, 2.75) is 32.0 Å². The van der Waals surface area contributed by atoms with E-state index in [0.29, 0.717) is 18.0 Å². The summed E-state index contributed by atoms with van der Waals surface area (Å²) in [6, 6.07) is 28.2. The van der Waals surface area contributed by atoms with Gasteiger partial charge in [-0.05, 0) is 53.9 Å². The highest BCUT2D eigenvalue weighted by atomic mass is 35.5. The normalized spacial score (nSPS) is 17.9. The van der Waals surface area contributed by atoms with Crippen LogP contribution in [0.4, 0.5) is 10.5 Å². The number of fused-ring (bicyclic) bond motifs is 4. The molecule has 4 aromatic carbocycles. The first-order valence-electron chi connectivity index (χ1n) is 13.8. The van der Waals surface area contributed by atoms with Crippen LogP contribution in [0.1, 0.15) is 44.3 Å². The van der Waals surface area contributed by atoms with Crippen LogP contribution in [0, 0.1) is 6.92 Å². The molecule has 1 unspecified atom stereocenters. The Labute approximate surface area is 247 Å². The predicted molar refractivity (Wildman–Crippen MR) is 163 cm³/mol. The molecule has 2 aliphatic rings. The van der Waals surface area contributed by atoms with Crippen molar-refractivity contribution in [3.8, 4) is 0 Å². The molecule has 0 radical (unpaired) electrons. The van der Waals surface area contributed by atoms with E-state index in [0.717, 1.165) is 43.8 Å². The first-order valence-corrected chi connectivity index (χ1v) is 14.2. The van der Waals surface area contributed by atoms with Crippen molar-refractivity contribution in [3.63, 3.8) is 0 Å². The Balaban J connectivity index is 1.27. The van der Waals surface area contributed by atoms with E-state index < -0.39 is 18.1 Å². The third kappa shape index (κ3) is 4.25. The van der Waals surface area contributed by atoms with Gasteiger partial charge in [-0.3, -0.25) is 14.5 Å². The van der Waals surface area contributed by atoms with Gasteiger partial charge in [-0.15, -0.1) is 0 Å². The summed E-state index contributed by atoms with van der Waals surface area (Å²) in [7, 11) is 0. The first kappa shape index (κ1) is 26.0. The van der Waals surface area contributed by atoms with Gasteiger partial charge in [-0.2, -0.15) is 0 Å². The summed E-state index contributed by atoms with van der Waals surface area (Å²) in [4.78, 5) is 48.1. The molecule has 0 spiro atoms. The Bertz CT molecular complexity index is 1880. The summed E-state index contributed by atoms with van der Waals surface area (Å²) in [6.07, 6.45) is 0.360. The minimum absolute atomic E-state index is 0.259. The maximum Gasteiger partial charge on any atom is 0.332 e. The molecule has 8 heteroatoms. The van der Waals surface area contributed by atoms with E-state index in [4.69, 9.17) is 11.6 Å². The number of aromatic amines is 1. The van der Waals surface area contributed by atoms with E-state index >= 15 is 0 Å². The van der Waals surface area contributed by atoms with E-state index in [1.165, 1.54) is 0 Å². The van der Waals surface area contributed by atoms with E-state index in [1.54, 1.807) is 35.2 Å². The van der Waals surface area contributed by atoms with Crippen molar-refractivity contribution in [1.29, 1.82) is 0 Å². The standard InChI is InChI=1S/C34H27ClN4O3/c1-20-13-15-21(16-14-20)19-36-32(40)25-10-3-5-12-28(25)39-33(41)29-18-26-24-9-2-4-11-27(24)37-30(26)31(38(29)34(39)42)22-7-6-8-23(35)17-22/h2-17,29,31,37H,18-19H2,1H3,(H,36,40)/t29-,31?/m0/s1. The molecule has 208 valence electrons. The molecule has 1 fully saturated rings.